The van der Waals surface area contributed by atoms with Crippen molar-refractivity contribution < 1.29 is 38.4 Å². The Kier molecular flexibility index (Phi) is 16.0. The first-order chi connectivity index (χ1) is 32.2. The number of aliphatic hydroxyl groups is 1. The van der Waals surface area contributed by atoms with Gasteiger partial charge in [-0.3, -0.25) is 14.4 Å². The standard InChI is InChI=1S/C54H64N4O8/c1-5-9-13-23-45(59)65-35-54(36-66-46(60)24-14-10-6-2)57-42-22-18-20-38-40(26-28-44(58-54)48(38)42)50-51(61)49(52(50)62)39-25-27-43-47-37(39)19-17-21-41(47)55-53(56-43,29-33-63-31-15-11-7-3)30-34-64-32-16-12-8-4/h17-22,25-28,40,50,55-57,61H,5-16,23-24,31-32,35-36H2,1-4H3. The van der Waals surface area contributed by atoms with Gasteiger partial charge in [-0.25, -0.2) is 4.99 Å². The molecule has 0 amide bonds. The molecule has 0 radical (unpaired) electrons. The Hall–Kier alpha value is -6.40. The molecule has 2 heterocycles. The van der Waals surface area contributed by atoms with Crippen LogP contribution in [0.25, 0.3) is 16.3 Å². The van der Waals surface area contributed by atoms with Crippen molar-refractivity contribution in [1.29, 1.82) is 0 Å². The average molecular weight is 897 g/mol. The number of unbranched alkanes of at least 4 members (excludes halogenated alkanes) is 8. The highest BCUT2D eigenvalue weighted by Gasteiger charge is 2.48. The predicted molar refractivity (Wildman–Crippen MR) is 260 cm³/mol. The smallest absolute Gasteiger partial charge is 0.305 e. The maximum atomic E-state index is 14.5. The summed E-state index contributed by atoms with van der Waals surface area (Å²) in [6.45, 7) is 9.20. The second-order valence-corrected chi connectivity index (χ2v) is 17.6. The summed E-state index contributed by atoms with van der Waals surface area (Å²) in [5.41, 5.74) is 2.84. The number of aliphatic imine (C=N–C) groups is 1. The van der Waals surface area contributed by atoms with Crippen molar-refractivity contribution in [2.45, 2.75) is 135 Å². The molecule has 12 nitrogen and oxygen atoms in total. The maximum absolute atomic E-state index is 14.5. The van der Waals surface area contributed by atoms with Crippen LogP contribution in [0.2, 0.25) is 0 Å². The molecule has 348 valence electrons. The van der Waals surface area contributed by atoms with E-state index in [1.807, 2.05) is 60.7 Å². The summed E-state index contributed by atoms with van der Waals surface area (Å²) in [4.78, 5) is 45.1. The highest BCUT2D eigenvalue weighted by Crippen LogP contribution is 2.51. The highest BCUT2D eigenvalue weighted by molar-refractivity contribution is 6.33. The number of Topliss-reactive ketones (excluding diaryl/α,β-unsaturated/α-hetero) is 1. The lowest BCUT2D eigenvalue weighted by Gasteiger charge is -2.40. The van der Waals surface area contributed by atoms with E-state index in [0.717, 1.165) is 110 Å². The third kappa shape index (κ3) is 10.7. The molecule has 0 bridgehead atoms. The normalized spacial score (nSPS) is 17.8. The molecule has 3 aromatic rings. The Labute approximate surface area is 389 Å². The Morgan fingerprint density at radius 2 is 1.29 bits per heavy atom. The van der Waals surface area contributed by atoms with Gasteiger partial charge >= 0.3 is 11.9 Å². The van der Waals surface area contributed by atoms with Crippen molar-refractivity contribution in [3.05, 3.63) is 83.1 Å². The Morgan fingerprint density at radius 3 is 1.89 bits per heavy atom. The van der Waals surface area contributed by atoms with Gasteiger partial charge in [0.05, 0.1) is 17.2 Å². The van der Waals surface area contributed by atoms with Gasteiger partial charge < -0.3 is 40.0 Å². The summed E-state index contributed by atoms with van der Waals surface area (Å²) < 4.78 is 22.9. The van der Waals surface area contributed by atoms with E-state index in [1.165, 1.54) is 0 Å². The van der Waals surface area contributed by atoms with Crippen molar-refractivity contribution in [2.75, 3.05) is 42.4 Å². The minimum Gasteiger partial charge on any atom is -0.511 e. The zero-order valence-corrected chi connectivity index (χ0v) is 38.9. The van der Waals surface area contributed by atoms with Crippen molar-refractivity contribution in [2.24, 2.45) is 10.9 Å². The number of anilines is 3. The van der Waals surface area contributed by atoms with Crippen LogP contribution in [0, 0.1) is 30.0 Å². The van der Waals surface area contributed by atoms with E-state index in [9.17, 15) is 19.5 Å². The number of ketones is 1. The fraction of sp³-hybridized carbons (Fsp3) is 0.481. The van der Waals surface area contributed by atoms with Gasteiger partial charge in [-0.2, -0.15) is 0 Å². The van der Waals surface area contributed by atoms with Crippen LogP contribution in [-0.4, -0.2) is 66.3 Å². The molecule has 66 heavy (non-hydrogen) atoms. The van der Waals surface area contributed by atoms with Gasteiger partial charge in [0.25, 0.3) is 0 Å². The zero-order valence-electron chi connectivity index (χ0n) is 38.9. The molecule has 2 atom stereocenters. The number of aliphatic hydroxyl groups excluding tert-OH is 1. The fourth-order valence-corrected chi connectivity index (χ4v) is 8.96. The van der Waals surface area contributed by atoms with E-state index in [4.69, 9.17) is 23.9 Å². The summed E-state index contributed by atoms with van der Waals surface area (Å²) >= 11 is 0. The number of rotatable bonds is 22. The first kappa shape index (κ1) is 47.6. The zero-order chi connectivity index (χ0) is 46.5. The van der Waals surface area contributed by atoms with Gasteiger partial charge in [0, 0.05) is 58.6 Å². The molecule has 12 heteroatoms. The lowest BCUT2D eigenvalue weighted by atomic mass is 9.67. The van der Waals surface area contributed by atoms with Crippen LogP contribution >= 0.6 is 0 Å². The third-order valence-corrected chi connectivity index (χ3v) is 12.5. The summed E-state index contributed by atoms with van der Waals surface area (Å²) in [5.74, 6) is 4.21. The topological polar surface area (TPSA) is 157 Å². The molecule has 4 aliphatic rings. The van der Waals surface area contributed by atoms with Gasteiger partial charge in [-0.15, -0.1) is 0 Å². The highest BCUT2D eigenvalue weighted by atomic mass is 16.6. The van der Waals surface area contributed by atoms with Crippen molar-refractivity contribution in [3.63, 3.8) is 0 Å². The second kappa shape index (κ2) is 22.2. The predicted octanol–water partition coefficient (Wildman–Crippen LogP) is 10.7. The molecule has 0 fully saturated rings. The molecular formula is C54H64N4O8. The summed E-state index contributed by atoms with van der Waals surface area (Å²) in [6, 6.07) is 15.3. The lowest BCUT2D eigenvalue weighted by Crippen LogP contribution is -2.50. The number of carbonyl (C=O) groups excluding carboxylic acids is 3. The molecule has 2 unspecified atom stereocenters. The number of benzene rings is 3. The number of nitrogens with one attached hydrogen (secondary N) is 3. The largest absolute Gasteiger partial charge is 0.511 e. The van der Waals surface area contributed by atoms with E-state index in [2.05, 4.69) is 67.7 Å². The molecule has 2 aliphatic carbocycles. The third-order valence-electron chi connectivity index (χ3n) is 12.5. The molecule has 0 spiro atoms. The summed E-state index contributed by atoms with van der Waals surface area (Å²) in [5, 5.41) is 24.0. The first-order valence-electron chi connectivity index (χ1n) is 24.1. The maximum Gasteiger partial charge on any atom is 0.305 e. The van der Waals surface area contributed by atoms with Crippen LogP contribution < -0.4 is 16.0 Å². The number of nitrogens with zero attached hydrogens (tertiary/aromatic N) is 1. The monoisotopic (exact) mass is 896 g/mol. The number of hydrogen-bond acceptors (Lipinski definition) is 12. The molecular weight excluding hydrogens is 833 g/mol. The first-order valence-corrected chi connectivity index (χ1v) is 24.1. The van der Waals surface area contributed by atoms with Crippen LogP contribution in [0.5, 0.6) is 0 Å². The lowest BCUT2D eigenvalue weighted by molar-refractivity contribution is -0.149. The van der Waals surface area contributed by atoms with E-state index >= 15 is 0 Å². The number of ether oxygens (including phenoxy) is 4. The quantitative estimate of drug-likeness (QED) is 0.0432. The summed E-state index contributed by atoms with van der Waals surface area (Å²) in [6.07, 6.45) is 21.4. The van der Waals surface area contributed by atoms with Crippen molar-refractivity contribution in [1.82, 2.24) is 0 Å². The Bertz CT molecular complexity index is 2430. The van der Waals surface area contributed by atoms with Gasteiger partial charge in [-0.1, -0.05) is 115 Å². The molecule has 4 N–H and O–H groups in total. The van der Waals surface area contributed by atoms with Crippen molar-refractivity contribution >= 4 is 56.8 Å². The minimum absolute atomic E-state index is 0.0136. The Morgan fingerprint density at radius 1 is 0.712 bits per heavy atom. The number of allylic oxidation sites excluding steroid dienone is 4. The van der Waals surface area contributed by atoms with Crippen LogP contribution in [0.15, 0.2) is 71.4 Å². The van der Waals surface area contributed by atoms with E-state index in [0.29, 0.717) is 30.2 Å². The SMILES string of the molecule is CCCCCOC#CC1(C#COCCCCC)Nc2cccc3c(C4=C(O)C(C5C=CC6=NC(COC(=O)CCCCC)(COC(=O)CCCCC)Nc7cccc5c76)C4=O)ccc(c23)N1. The van der Waals surface area contributed by atoms with Gasteiger partial charge in [0.2, 0.25) is 5.66 Å². The Balaban J connectivity index is 1.15. The van der Waals surface area contributed by atoms with Crippen molar-refractivity contribution in [3.8, 4) is 24.1 Å². The number of esters is 2. The molecule has 2 aliphatic heterocycles. The average Bonchev–Trinajstić information content (AvgIpc) is 3.32. The second-order valence-electron chi connectivity index (χ2n) is 17.6. The molecule has 0 saturated heterocycles. The number of carbonyl (C=O) groups is 3. The fourth-order valence-electron chi connectivity index (χ4n) is 8.96. The molecule has 0 saturated carbocycles. The molecule has 3 aromatic carbocycles. The molecule has 7 rings (SSSR count). The summed E-state index contributed by atoms with van der Waals surface area (Å²) in [7, 11) is 0. The van der Waals surface area contributed by atoms with Crippen LogP contribution in [-0.2, 0) is 33.3 Å². The van der Waals surface area contributed by atoms with Crippen LogP contribution in [0.1, 0.15) is 140 Å². The molecule has 0 aromatic heterocycles. The van der Waals surface area contributed by atoms with Gasteiger partial charge in [0.15, 0.2) is 11.4 Å². The van der Waals surface area contributed by atoms with E-state index < -0.39 is 23.2 Å². The van der Waals surface area contributed by atoms with Crippen LogP contribution in [0.4, 0.5) is 17.1 Å². The van der Waals surface area contributed by atoms with Gasteiger partial charge in [0.1, 0.15) is 44.4 Å². The number of hydrogen-bond donors (Lipinski definition) is 4. The minimum atomic E-state index is -1.26. The van der Waals surface area contributed by atoms with E-state index in [1.54, 1.807) is 0 Å². The van der Waals surface area contributed by atoms with E-state index in [-0.39, 0.29) is 55.1 Å². The van der Waals surface area contributed by atoms with Crippen LogP contribution in [0.3, 0.4) is 0 Å². The van der Waals surface area contributed by atoms with Gasteiger partial charge in [-0.05, 0) is 66.5 Å².